The summed E-state index contributed by atoms with van der Waals surface area (Å²) in [5.74, 6) is -2.00. The molecule has 2 amide bonds. The lowest BCUT2D eigenvalue weighted by atomic mass is 10.1. The third-order valence-electron chi connectivity index (χ3n) is 4.98. The van der Waals surface area contributed by atoms with E-state index in [1.54, 1.807) is 0 Å². The van der Waals surface area contributed by atoms with E-state index in [0.29, 0.717) is 23.2 Å². The van der Waals surface area contributed by atoms with Crippen LogP contribution in [0.25, 0.3) is 0 Å². The lowest BCUT2D eigenvalue weighted by molar-refractivity contribution is -0.159. The van der Waals surface area contributed by atoms with Gasteiger partial charge in [0, 0.05) is 44.2 Å². The Morgan fingerprint density at radius 3 is 2.18 bits per heavy atom. The number of aryl methyl sites for hydroxylation is 1. The van der Waals surface area contributed by atoms with Crippen molar-refractivity contribution < 1.29 is 29.4 Å². The monoisotopic (exact) mass is 469 g/mol. The van der Waals surface area contributed by atoms with Crippen molar-refractivity contribution in [2.75, 3.05) is 30.9 Å². The third kappa shape index (κ3) is 9.74. The summed E-state index contributed by atoms with van der Waals surface area (Å²) in [5.41, 5.74) is 3.72. The maximum atomic E-state index is 12.0. The van der Waals surface area contributed by atoms with Crippen molar-refractivity contribution in [1.82, 2.24) is 5.06 Å². The SMILES string of the molecule is CN(C)c1ccc(NC(=O)OCc2ccc(CCCCCN(O)C(=O)/C=C/C(=O)O)cc2)cc1. The molecular weight excluding hydrogens is 438 g/mol. The summed E-state index contributed by atoms with van der Waals surface area (Å²) in [5, 5.41) is 21.3. The molecule has 0 aliphatic heterocycles. The predicted molar refractivity (Wildman–Crippen MR) is 129 cm³/mol. The lowest BCUT2D eigenvalue weighted by Gasteiger charge is -2.13. The number of anilines is 2. The highest BCUT2D eigenvalue weighted by atomic mass is 16.5. The Labute approximate surface area is 199 Å². The summed E-state index contributed by atoms with van der Waals surface area (Å²) in [6.45, 7) is 0.305. The quantitative estimate of drug-likeness (QED) is 0.185. The van der Waals surface area contributed by atoms with Crippen LogP contribution in [-0.2, 0) is 27.4 Å². The van der Waals surface area contributed by atoms with Gasteiger partial charge in [-0.3, -0.25) is 15.3 Å². The van der Waals surface area contributed by atoms with Gasteiger partial charge < -0.3 is 14.7 Å². The first-order chi connectivity index (χ1) is 16.2. The molecule has 2 aromatic rings. The molecule has 0 fully saturated rings. The zero-order valence-electron chi connectivity index (χ0n) is 19.4. The Bertz CT molecular complexity index is 971. The van der Waals surface area contributed by atoms with Crippen molar-refractivity contribution in [2.45, 2.75) is 32.3 Å². The van der Waals surface area contributed by atoms with Gasteiger partial charge in [0.1, 0.15) is 6.61 Å². The summed E-state index contributed by atoms with van der Waals surface area (Å²) in [6, 6.07) is 15.2. The molecule has 0 unspecified atom stereocenters. The molecule has 34 heavy (non-hydrogen) atoms. The molecule has 9 nitrogen and oxygen atoms in total. The minimum absolute atomic E-state index is 0.140. The number of nitrogens with zero attached hydrogens (tertiary/aromatic N) is 2. The molecule has 2 aromatic carbocycles. The van der Waals surface area contributed by atoms with Gasteiger partial charge in [0.2, 0.25) is 0 Å². The van der Waals surface area contributed by atoms with E-state index in [9.17, 15) is 19.6 Å². The Balaban J connectivity index is 1.64. The molecule has 0 heterocycles. The molecule has 0 spiro atoms. The zero-order valence-corrected chi connectivity index (χ0v) is 19.4. The van der Waals surface area contributed by atoms with Gasteiger partial charge in [-0.05, 0) is 54.7 Å². The van der Waals surface area contributed by atoms with Gasteiger partial charge in [0.15, 0.2) is 0 Å². The van der Waals surface area contributed by atoms with Crippen LogP contribution >= 0.6 is 0 Å². The van der Waals surface area contributed by atoms with E-state index in [2.05, 4.69) is 5.32 Å². The molecule has 0 radical (unpaired) electrons. The van der Waals surface area contributed by atoms with Crippen molar-refractivity contribution in [3.05, 3.63) is 71.8 Å². The first-order valence-corrected chi connectivity index (χ1v) is 10.9. The number of unbranched alkanes of at least 4 members (excludes halogenated alkanes) is 2. The van der Waals surface area contributed by atoms with Gasteiger partial charge >= 0.3 is 12.1 Å². The van der Waals surface area contributed by atoms with Crippen LogP contribution in [0.2, 0.25) is 0 Å². The largest absolute Gasteiger partial charge is 0.478 e. The van der Waals surface area contributed by atoms with Crippen LogP contribution < -0.4 is 10.2 Å². The molecule has 0 aliphatic rings. The zero-order chi connectivity index (χ0) is 24.9. The highest BCUT2D eigenvalue weighted by Crippen LogP contribution is 2.16. The Hall–Kier alpha value is -3.85. The van der Waals surface area contributed by atoms with Crippen LogP contribution in [0.1, 0.15) is 30.4 Å². The number of aliphatic carboxylic acids is 1. The fourth-order valence-electron chi connectivity index (χ4n) is 3.05. The summed E-state index contributed by atoms with van der Waals surface area (Å²) < 4.78 is 5.28. The van der Waals surface area contributed by atoms with Crippen molar-refractivity contribution in [3.8, 4) is 0 Å². The second-order valence-corrected chi connectivity index (χ2v) is 7.90. The van der Waals surface area contributed by atoms with Gasteiger partial charge in [-0.25, -0.2) is 14.7 Å². The average Bonchev–Trinajstić information content (AvgIpc) is 2.81. The van der Waals surface area contributed by atoms with Crippen LogP contribution in [0, 0.1) is 0 Å². The number of benzene rings is 2. The standard InChI is InChI=1S/C25H31N3O6/c1-27(2)22-13-11-21(12-14-22)26-25(32)34-18-20-9-7-19(8-10-20)6-4-3-5-17-28(33)23(29)15-16-24(30)31/h7-16,33H,3-6,17-18H2,1-2H3,(H,26,32)(H,30,31)/b16-15+. The number of amides is 2. The Morgan fingerprint density at radius 1 is 0.912 bits per heavy atom. The van der Waals surface area contributed by atoms with Gasteiger partial charge in [0.25, 0.3) is 5.91 Å². The van der Waals surface area contributed by atoms with Crippen LogP contribution in [-0.4, -0.2) is 54.0 Å². The van der Waals surface area contributed by atoms with E-state index in [0.717, 1.165) is 42.2 Å². The van der Waals surface area contributed by atoms with Crippen molar-refractivity contribution >= 4 is 29.3 Å². The topological polar surface area (TPSA) is 119 Å². The number of ether oxygens (including phenoxy) is 1. The summed E-state index contributed by atoms with van der Waals surface area (Å²) in [7, 11) is 3.89. The summed E-state index contributed by atoms with van der Waals surface area (Å²) in [6.07, 6.45) is 4.10. The fraction of sp³-hybridized carbons (Fsp3) is 0.320. The molecule has 0 aliphatic carbocycles. The normalized spacial score (nSPS) is 10.7. The minimum atomic E-state index is -1.24. The van der Waals surface area contributed by atoms with Gasteiger partial charge in [-0.2, -0.15) is 0 Å². The number of carboxylic acids is 1. The van der Waals surface area contributed by atoms with Crippen molar-refractivity contribution in [3.63, 3.8) is 0 Å². The molecule has 0 saturated heterocycles. The first kappa shape index (κ1) is 26.4. The second-order valence-electron chi connectivity index (χ2n) is 7.90. The number of carbonyl (C=O) groups excluding carboxylic acids is 2. The molecular formula is C25H31N3O6. The van der Waals surface area contributed by atoms with E-state index in [-0.39, 0.29) is 13.2 Å². The third-order valence-corrected chi connectivity index (χ3v) is 4.98. The minimum Gasteiger partial charge on any atom is -0.478 e. The number of rotatable bonds is 12. The highest BCUT2D eigenvalue weighted by molar-refractivity contribution is 5.93. The van der Waals surface area contributed by atoms with Crippen LogP contribution in [0.4, 0.5) is 16.2 Å². The van der Waals surface area contributed by atoms with Gasteiger partial charge in [0.05, 0.1) is 0 Å². The van der Waals surface area contributed by atoms with Crippen molar-refractivity contribution in [1.29, 1.82) is 0 Å². The lowest BCUT2D eigenvalue weighted by Crippen LogP contribution is -2.26. The van der Waals surface area contributed by atoms with E-state index >= 15 is 0 Å². The molecule has 0 bridgehead atoms. The number of carbonyl (C=O) groups is 3. The summed E-state index contributed by atoms with van der Waals surface area (Å²) >= 11 is 0. The highest BCUT2D eigenvalue weighted by Gasteiger charge is 2.08. The van der Waals surface area contributed by atoms with E-state index in [4.69, 9.17) is 9.84 Å². The number of nitrogens with one attached hydrogen (secondary N) is 1. The van der Waals surface area contributed by atoms with Crippen LogP contribution in [0.15, 0.2) is 60.7 Å². The molecule has 3 N–H and O–H groups in total. The maximum absolute atomic E-state index is 12.0. The fourth-order valence-corrected chi connectivity index (χ4v) is 3.05. The van der Waals surface area contributed by atoms with E-state index < -0.39 is 18.0 Å². The second kappa shape index (κ2) is 13.6. The molecule has 182 valence electrons. The molecule has 0 saturated carbocycles. The van der Waals surface area contributed by atoms with Gasteiger partial charge in [-0.15, -0.1) is 0 Å². The maximum Gasteiger partial charge on any atom is 0.411 e. The predicted octanol–water partition coefficient (Wildman–Crippen LogP) is 4.07. The number of hydrogen-bond acceptors (Lipinski definition) is 6. The Kier molecular flexibility index (Phi) is 10.6. The average molecular weight is 470 g/mol. The van der Waals surface area contributed by atoms with Crippen molar-refractivity contribution in [2.24, 2.45) is 0 Å². The van der Waals surface area contributed by atoms with E-state index in [1.165, 1.54) is 0 Å². The smallest absolute Gasteiger partial charge is 0.411 e. The van der Waals surface area contributed by atoms with E-state index in [1.807, 2.05) is 67.5 Å². The van der Waals surface area contributed by atoms with Crippen LogP contribution in [0.5, 0.6) is 0 Å². The molecule has 2 rings (SSSR count). The number of carboxylic acid groups (broad SMARTS) is 1. The Morgan fingerprint density at radius 2 is 1.56 bits per heavy atom. The number of hydroxylamine groups is 2. The first-order valence-electron chi connectivity index (χ1n) is 10.9. The number of hydrogen-bond donors (Lipinski definition) is 3. The van der Waals surface area contributed by atoms with Gasteiger partial charge in [-0.1, -0.05) is 30.7 Å². The molecule has 0 atom stereocenters. The van der Waals surface area contributed by atoms with Crippen LogP contribution in [0.3, 0.4) is 0 Å². The molecule has 9 heteroatoms. The molecule has 0 aromatic heterocycles. The summed E-state index contributed by atoms with van der Waals surface area (Å²) in [4.78, 5) is 35.8.